The maximum Gasteiger partial charge on any atom is 0.251 e. The van der Waals surface area contributed by atoms with Crippen molar-refractivity contribution in [2.45, 2.75) is 31.6 Å². The van der Waals surface area contributed by atoms with Crippen molar-refractivity contribution in [3.8, 4) is 0 Å². The van der Waals surface area contributed by atoms with Gasteiger partial charge in [-0.3, -0.25) is 9.59 Å². The fraction of sp³-hybridized carbons (Fsp3) is 0.217. The fourth-order valence-corrected chi connectivity index (χ4v) is 4.45. The molecule has 2 N–H and O–H groups in total. The standard InChI is InChI=1S/C23H24IN5O2S/c1-4-12-29-21(16(3)25-22(31)17-8-6-5-7-9-17)27-28-23(29)32-14-20(30)26-19-11-10-18(24)13-15(19)2/h4-11,13,16H,1,12,14H2,2-3H3,(H,25,31)(H,26,30)/t16-/m0/s1. The smallest absolute Gasteiger partial charge is 0.251 e. The maximum absolute atomic E-state index is 12.5. The summed E-state index contributed by atoms with van der Waals surface area (Å²) in [5.74, 6) is 0.476. The van der Waals surface area contributed by atoms with Crippen LogP contribution in [0.5, 0.6) is 0 Å². The van der Waals surface area contributed by atoms with E-state index in [4.69, 9.17) is 0 Å². The second kappa shape index (κ2) is 11.3. The van der Waals surface area contributed by atoms with Crippen LogP contribution in [0.4, 0.5) is 5.69 Å². The zero-order valence-corrected chi connectivity index (χ0v) is 20.8. The van der Waals surface area contributed by atoms with Gasteiger partial charge in [0, 0.05) is 21.4 Å². The molecule has 0 aliphatic rings. The molecule has 0 radical (unpaired) electrons. The van der Waals surface area contributed by atoms with Gasteiger partial charge >= 0.3 is 0 Å². The molecule has 9 heteroatoms. The first-order valence-corrected chi connectivity index (χ1v) is 12.0. The Labute approximate surface area is 205 Å². The highest BCUT2D eigenvalue weighted by atomic mass is 127. The predicted octanol–water partition coefficient (Wildman–Crippen LogP) is 4.60. The molecule has 7 nitrogen and oxygen atoms in total. The van der Waals surface area contributed by atoms with Crippen LogP contribution < -0.4 is 10.6 Å². The molecule has 3 rings (SSSR count). The molecule has 0 unspecified atom stereocenters. The minimum atomic E-state index is -0.368. The van der Waals surface area contributed by atoms with E-state index in [1.807, 2.05) is 54.8 Å². The lowest BCUT2D eigenvalue weighted by Crippen LogP contribution is -2.28. The molecule has 1 aromatic heterocycles. The molecule has 0 bridgehead atoms. The van der Waals surface area contributed by atoms with Crippen molar-refractivity contribution in [2.24, 2.45) is 0 Å². The molecule has 0 spiro atoms. The van der Waals surface area contributed by atoms with Crippen molar-refractivity contribution < 1.29 is 9.59 Å². The van der Waals surface area contributed by atoms with E-state index in [1.54, 1.807) is 18.2 Å². The first-order valence-electron chi connectivity index (χ1n) is 9.97. The summed E-state index contributed by atoms with van der Waals surface area (Å²) in [7, 11) is 0. The predicted molar refractivity (Wildman–Crippen MR) is 136 cm³/mol. The Morgan fingerprint density at radius 2 is 1.97 bits per heavy atom. The lowest BCUT2D eigenvalue weighted by Gasteiger charge is -2.15. The van der Waals surface area contributed by atoms with E-state index >= 15 is 0 Å². The van der Waals surface area contributed by atoms with E-state index in [2.05, 4.69) is 50.0 Å². The lowest BCUT2D eigenvalue weighted by molar-refractivity contribution is -0.113. The van der Waals surface area contributed by atoms with Gasteiger partial charge in [-0.1, -0.05) is 36.0 Å². The third kappa shape index (κ3) is 6.19. The van der Waals surface area contributed by atoms with E-state index in [-0.39, 0.29) is 23.6 Å². The van der Waals surface area contributed by atoms with Crippen LogP contribution in [0.1, 0.15) is 34.7 Å². The average Bonchev–Trinajstić information content (AvgIpc) is 3.18. The summed E-state index contributed by atoms with van der Waals surface area (Å²) in [6, 6.07) is 14.5. The number of thioether (sulfide) groups is 1. The van der Waals surface area contributed by atoms with E-state index in [0.717, 1.165) is 14.8 Å². The third-order valence-corrected chi connectivity index (χ3v) is 6.26. The van der Waals surface area contributed by atoms with Gasteiger partial charge in [-0.15, -0.1) is 16.8 Å². The Morgan fingerprint density at radius 1 is 1.22 bits per heavy atom. The number of amides is 2. The van der Waals surface area contributed by atoms with Crippen LogP contribution in [0.15, 0.2) is 66.3 Å². The van der Waals surface area contributed by atoms with Crippen LogP contribution in [-0.4, -0.2) is 32.3 Å². The van der Waals surface area contributed by atoms with Crippen LogP contribution in [0, 0.1) is 10.5 Å². The molecular weight excluding hydrogens is 537 g/mol. The van der Waals surface area contributed by atoms with E-state index in [1.165, 1.54) is 11.8 Å². The third-order valence-electron chi connectivity index (χ3n) is 4.62. The second-order valence-electron chi connectivity index (χ2n) is 7.10. The number of anilines is 1. The number of nitrogens with one attached hydrogen (secondary N) is 2. The number of aromatic nitrogens is 3. The number of carbonyl (C=O) groups excluding carboxylic acids is 2. The number of aryl methyl sites for hydroxylation is 1. The summed E-state index contributed by atoms with van der Waals surface area (Å²) in [5.41, 5.74) is 2.38. The SMILES string of the molecule is C=CCn1c(SCC(=O)Nc2ccc(I)cc2C)nnc1[C@H](C)NC(=O)c1ccccc1. The second-order valence-corrected chi connectivity index (χ2v) is 9.29. The highest BCUT2D eigenvalue weighted by molar-refractivity contribution is 14.1. The van der Waals surface area contributed by atoms with Crippen LogP contribution in [-0.2, 0) is 11.3 Å². The van der Waals surface area contributed by atoms with Gasteiger partial charge in [0.2, 0.25) is 5.91 Å². The van der Waals surface area contributed by atoms with Crippen molar-refractivity contribution in [3.63, 3.8) is 0 Å². The molecule has 1 atom stereocenters. The summed E-state index contributed by atoms with van der Waals surface area (Å²) in [6.45, 7) is 8.08. The largest absolute Gasteiger partial charge is 0.342 e. The number of halogens is 1. The van der Waals surface area contributed by atoms with Gasteiger partial charge in [0.15, 0.2) is 11.0 Å². The van der Waals surface area contributed by atoms with Gasteiger partial charge in [0.25, 0.3) is 5.91 Å². The zero-order valence-electron chi connectivity index (χ0n) is 17.8. The van der Waals surface area contributed by atoms with Gasteiger partial charge in [-0.2, -0.15) is 0 Å². The monoisotopic (exact) mass is 561 g/mol. The van der Waals surface area contributed by atoms with Crippen LogP contribution in [0.3, 0.4) is 0 Å². The van der Waals surface area contributed by atoms with Crippen molar-refractivity contribution in [2.75, 3.05) is 11.1 Å². The Morgan fingerprint density at radius 3 is 2.66 bits per heavy atom. The van der Waals surface area contributed by atoms with Gasteiger partial charge in [-0.05, 0) is 72.3 Å². The number of benzene rings is 2. The van der Waals surface area contributed by atoms with Crippen molar-refractivity contribution in [1.82, 2.24) is 20.1 Å². The van der Waals surface area contributed by atoms with Crippen molar-refractivity contribution in [3.05, 3.63) is 81.7 Å². The molecule has 0 aliphatic heterocycles. The average molecular weight is 561 g/mol. The van der Waals surface area contributed by atoms with E-state index in [9.17, 15) is 9.59 Å². The normalized spacial score (nSPS) is 11.6. The molecule has 0 saturated carbocycles. The molecule has 32 heavy (non-hydrogen) atoms. The van der Waals surface area contributed by atoms with Crippen LogP contribution >= 0.6 is 34.4 Å². The molecule has 0 aliphatic carbocycles. The van der Waals surface area contributed by atoms with Crippen LogP contribution in [0.2, 0.25) is 0 Å². The minimum absolute atomic E-state index is 0.126. The van der Waals surface area contributed by atoms with Gasteiger partial charge in [0.1, 0.15) is 0 Å². The quantitative estimate of drug-likeness (QED) is 0.227. The van der Waals surface area contributed by atoms with Crippen LogP contribution in [0.25, 0.3) is 0 Å². The van der Waals surface area contributed by atoms with Gasteiger partial charge in [0.05, 0.1) is 11.8 Å². The molecular formula is C23H24IN5O2S. The Hall–Kier alpha value is -2.66. The summed E-state index contributed by atoms with van der Waals surface area (Å²) in [5, 5.41) is 15.0. The number of hydrogen-bond donors (Lipinski definition) is 2. The number of rotatable bonds is 9. The summed E-state index contributed by atoms with van der Waals surface area (Å²) >= 11 is 3.53. The van der Waals surface area contributed by atoms with Gasteiger partial charge < -0.3 is 15.2 Å². The molecule has 1 heterocycles. The van der Waals surface area contributed by atoms with Gasteiger partial charge in [-0.25, -0.2) is 0 Å². The Kier molecular flexibility index (Phi) is 8.46. The molecule has 2 aromatic carbocycles. The lowest BCUT2D eigenvalue weighted by atomic mass is 10.2. The van der Waals surface area contributed by atoms with E-state index < -0.39 is 0 Å². The van der Waals surface area contributed by atoms with Crippen molar-refractivity contribution >= 4 is 51.9 Å². The minimum Gasteiger partial charge on any atom is -0.342 e. The number of nitrogens with zero attached hydrogens (tertiary/aromatic N) is 3. The molecule has 0 saturated heterocycles. The maximum atomic E-state index is 12.5. The highest BCUT2D eigenvalue weighted by Gasteiger charge is 2.20. The number of carbonyl (C=O) groups is 2. The zero-order chi connectivity index (χ0) is 23.1. The highest BCUT2D eigenvalue weighted by Crippen LogP contribution is 2.22. The topological polar surface area (TPSA) is 88.9 Å². The number of hydrogen-bond acceptors (Lipinski definition) is 5. The molecule has 3 aromatic rings. The number of allylic oxidation sites excluding steroid dienone is 1. The summed E-state index contributed by atoms with van der Waals surface area (Å²) in [4.78, 5) is 25.0. The summed E-state index contributed by atoms with van der Waals surface area (Å²) < 4.78 is 2.97. The Bertz CT molecular complexity index is 1120. The Balaban J connectivity index is 1.66. The molecule has 0 fully saturated rings. The van der Waals surface area contributed by atoms with Crippen molar-refractivity contribution in [1.29, 1.82) is 0 Å². The van der Waals surface area contributed by atoms with E-state index in [0.29, 0.717) is 23.1 Å². The summed E-state index contributed by atoms with van der Waals surface area (Å²) in [6.07, 6.45) is 1.73. The fourth-order valence-electron chi connectivity index (χ4n) is 3.05. The first kappa shape index (κ1) is 24.0. The molecule has 2 amide bonds. The first-order chi connectivity index (χ1) is 15.4. The molecule has 166 valence electrons.